The molecule has 1 aromatic heterocycles. The van der Waals surface area contributed by atoms with Crippen molar-refractivity contribution in [2.45, 2.75) is 18.3 Å². The van der Waals surface area contributed by atoms with E-state index in [4.69, 9.17) is 4.74 Å². The van der Waals surface area contributed by atoms with E-state index >= 15 is 0 Å². The molecule has 0 spiro atoms. The summed E-state index contributed by atoms with van der Waals surface area (Å²) in [7, 11) is 0. The number of aromatic nitrogens is 2. The number of thioether (sulfide) groups is 1. The second-order valence-corrected chi connectivity index (χ2v) is 6.65. The lowest BCUT2D eigenvalue weighted by atomic mass is 10.2. The van der Waals surface area contributed by atoms with E-state index in [1.54, 1.807) is 23.2 Å². The molecular formula is C17H20FN3O3S. The van der Waals surface area contributed by atoms with Crippen molar-refractivity contribution in [3.63, 3.8) is 0 Å². The molecule has 0 atom stereocenters. The van der Waals surface area contributed by atoms with Crippen LogP contribution < -0.4 is 0 Å². The molecule has 1 amide bonds. The number of hydrogen-bond donors (Lipinski definition) is 1. The van der Waals surface area contributed by atoms with Crippen LogP contribution in [0.3, 0.4) is 0 Å². The van der Waals surface area contributed by atoms with Gasteiger partial charge in [0, 0.05) is 25.8 Å². The van der Waals surface area contributed by atoms with E-state index in [1.165, 1.54) is 23.9 Å². The molecule has 1 aromatic carbocycles. The lowest BCUT2D eigenvalue weighted by Gasteiger charge is -2.26. The fourth-order valence-corrected chi connectivity index (χ4v) is 3.47. The maximum Gasteiger partial charge on any atom is 0.233 e. The Labute approximate surface area is 149 Å². The summed E-state index contributed by atoms with van der Waals surface area (Å²) >= 11 is 1.34. The van der Waals surface area contributed by atoms with Crippen molar-refractivity contribution in [1.82, 2.24) is 14.5 Å². The van der Waals surface area contributed by atoms with Gasteiger partial charge in [-0.1, -0.05) is 23.9 Å². The van der Waals surface area contributed by atoms with Gasteiger partial charge in [0.1, 0.15) is 5.82 Å². The molecule has 1 N–H and O–H groups in total. The molecule has 1 saturated heterocycles. The van der Waals surface area contributed by atoms with Gasteiger partial charge in [-0.25, -0.2) is 9.37 Å². The summed E-state index contributed by atoms with van der Waals surface area (Å²) in [6.45, 7) is 2.72. The van der Waals surface area contributed by atoms with Crippen LogP contribution in [-0.2, 0) is 22.7 Å². The number of aliphatic hydroxyl groups excluding tert-OH is 1. The normalized spacial score (nSPS) is 14.7. The highest BCUT2D eigenvalue weighted by atomic mass is 32.2. The van der Waals surface area contributed by atoms with Crippen LogP contribution in [0.15, 0.2) is 35.6 Å². The molecule has 134 valence electrons. The average molecular weight is 365 g/mol. The number of benzene rings is 1. The molecule has 8 heteroatoms. The number of hydrogen-bond acceptors (Lipinski definition) is 5. The van der Waals surface area contributed by atoms with Crippen molar-refractivity contribution in [1.29, 1.82) is 0 Å². The standard InChI is InChI=1S/C17H20FN3O3S/c18-14-3-1-13(2-4-14)9-21-10-15(11-22)19-17(21)25-12-16(23)20-5-7-24-8-6-20/h1-4,10,22H,5-9,11-12H2. The number of carbonyl (C=O) groups excluding carboxylic acids is 1. The first-order valence-electron chi connectivity index (χ1n) is 8.05. The first-order valence-corrected chi connectivity index (χ1v) is 9.04. The third-order valence-electron chi connectivity index (χ3n) is 3.91. The Hall–Kier alpha value is -1.90. The minimum absolute atomic E-state index is 0.0511. The first-order chi connectivity index (χ1) is 12.2. The lowest BCUT2D eigenvalue weighted by Crippen LogP contribution is -2.41. The van der Waals surface area contributed by atoms with Crippen molar-refractivity contribution >= 4 is 17.7 Å². The number of rotatable bonds is 6. The molecule has 0 radical (unpaired) electrons. The number of amides is 1. The van der Waals surface area contributed by atoms with E-state index in [0.29, 0.717) is 43.7 Å². The van der Waals surface area contributed by atoms with Gasteiger partial charge >= 0.3 is 0 Å². The van der Waals surface area contributed by atoms with Crippen LogP contribution in [0.1, 0.15) is 11.3 Å². The molecule has 0 unspecified atom stereocenters. The van der Waals surface area contributed by atoms with Gasteiger partial charge in [-0.15, -0.1) is 0 Å². The summed E-state index contributed by atoms with van der Waals surface area (Å²) in [6.07, 6.45) is 1.75. The van der Waals surface area contributed by atoms with Crippen LogP contribution in [0.4, 0.5) is 4.39 Å². The second-order valence-electron chi connectivity index (χ2n) is 5.71. The molecule has 1 aliphatic rings. The predicted octanol–water partition coefficient (Wildman–Crippen LogP) is 1.51. The fraction of sp³-hybridized carbons (Fsp3) is 0.412. The Morgan fingerprint density at radius 2 is 2.00 bits per heavy atom. The number of ether oxygens (including phenoxy) is 1. The van der Waals surface area contributed by atoms with Gasteiger partial charge in [0.05, 0.1) is 31.3 Å². The minimum Gasteiger partial charge on any atom is -0.390 e. The monoisotopic (exact) mass is 365 g/mol. The van der Waals surface area contributed by atoms with Crippen LogP contribution in [0.2, 0.25) is 0 Å². The Morgan fingerprint density at radius 1 is 1.28 bits per heavy atom. The van der Waals surface area contributed by atoms with Crippen LogP contribution in [-0.4, -0.2) is 57.5 Å². The third kappa shape index (κ3) is 4.81. The smallest absolute Gasteiger partial charge is 0.233 e. The Morgan fingerprint density at radius 3 is 2.68 bits per heavy atom. The quantitative estimate of drug-likeness (QED) is 0.786. The molecule has 1 aliphatic heterocycles. The molecule has 6 nitrogen and oxygen atoms in total. The Bertz CT molecular complexity index is 714. The zero-order valence-electron chi connectivity index (χ0n) is 13.7. The lowest BCUT2D eigenvalue weighted by molar-refractivity contribution is -0.132. The first kappa shape index (κ1) is 17.9. The second kappa shape index (κ2) is 8.46. The summed E-state index contributed by atoms with van der Waals surface area (Å²) in [5.41, 5.74) is 1.47. The predicted molar refractivity (Wildman–Crippen MR) is 91.8 cm³/mol. The van der Waals surface area contributed by atoms with E-state index in [2.05, 4.69) is 4.98 Å². The molecule has 25 heavy (non-hydrogen) atoms. The van der Waals surface area contributed by atoms with Crippen LogP contribution in [0, 0.1) is 5.82 Å². The SMILES string of the molecule is O=C(CSc1nc(CO)cn1Cc1ccc(F)cc1)N1CCOCC1. The fourth-order valence-electron chi connectivity index (χ4n) is 2.57. The van der Waals surface area contributed by atoms with Crippen molar-refractivity contribution in [2.24, 2.45) is 0 Å². The summed E-state index contributed by atoms with van der Waals surface area (Å²) < 4.78 is 20.2. The number of carbonyl (C=O) groups is 1. The number of morpholine rings is 1. The van der Waals surface area contributed by atoms with Crippen molar-refractivity contribution in [3.8, 4) is 0 Å². The minimum atomic E-state index is -0.281. The topological polar surface area (TPSA) is 67.6 Å². The molecule has 2 aromatic rings. The molecule has 0 bridgehead atoms. The van der Waals surface area contributed by atoms with Crippen LogP contribution in [0.25, 0.3) is 0 Å². The van der Waals surface area contributed by atoms with Gasteiger partial charge in [-0.05, 0) is 17.7 Å². The number of halogens is 1. The van der Waals surface area contributed by atoms with E-state index < -0.39 is 0 Å². The Kier molecular flexibility index (Phi) is 6.06. The van der Waals surface area contributed by atoms with Gasteiger partial charge in [-0.3, -0.25) is 4.79 Å². The number of nitrogens with zero attached hydrogens (tertiary/aromatic N) is 3. The highest BCUT2D eigenvalue weighted by molar-refractivity contribution is 7.99. The van der Waals surface area contributed by atoms with E-state index in [9.17, 15) is 14.3 Å². The highest BCUT2D eigenvalue weighted by Crippen LogP contribution is 2.20. The molecular weight excluding hydrogens is 345 g/mol. The van der Waals surface area contributed by atoms with Crippen molar-refractivity contribution < 1.29 is 19.0 Å². The van der Waals surface area contributed by atoms with Gasteiger partial charge in [0.25, 0.3) is 0 Å². The van der Waals surface area contributed by atoms with Crippen molar-refractivity contribution in [2.75, 3.05) is 32.1 Å². The summed E-state index contributed by atoms with van der Waals surface area (Å²) in [6, 6.07) is 6.24. The third-order valence-corrected chi connectivity index (χ3v) is 4.88. The molecule has 0 saturated carbocycles. The zero-order chi connectivity index (χ0) is 17.6. The largest absolute Gasteiger partial charge is 0.390 e. The zero-order valence-corrected chi connectivity index (χ0v) is 14.5. The van der Waals surface area contributed by atoms with Crippen LogP contribution >= 0.6 is 11.8 Å². The van der Waals surface area contributed by atoms with Gasteiger partial charge < -0.3 is 19.3 Å². The van der Waals surface area contributed by atoms with E-state index in [1.807, 2.05) is 4.57 Å². The molecule has 3 rings (SSSR count). The molecule has 1 fully saturated rings. The number of imidazole rings is 1. The maximum atomic E-state index is 13.0. The highest BCUT2D eigenvalue weighted by Gasteiger charge is 2.18. The number of aliphatic hydroxyl groups is 1. The summed E-state index contributed by atoms with van der Waals surface area (Å²) in [5, 5.41) is 10.00. The average Bonchev–Trinajstić information content (AvgIpc) is 3.04. The Balaban J connectivity index is 1.66. The molecule has 0 aliphatic carbocycles. The van der Waals surface area contributed by atoms with Gasteiger partial charge in [-0.2, -0.15) is 0 Å². The van der Waals surface area contributed by atoms with E-state index in [0.717, 1.165) is 5.56 Å². The van der Waals surface area contributed by atoms with Gasteiger partial charge in [0.15, 0.2) is 5.16 Å². The van der Waals surface area contributed by atoms with E-state index in [-0.39, 0.29) is 24.1 Å². The van der Waals surface area contributed by atoms with Crippen LogP contribution in [0.5, 0.6) is 0 Å². The van der Waals surface area contributed by atoms with Crippen molar-refractivity contribution in [3.05, 3.63) is 47.5 Å². The summed E-state index contributed by atoms with van der Waals surface area (Å²) in [5.74, 6) is 0.0528. The maximum absolute atomic E-state index is 13.0. The molecule has 2 heterocycles. The van der Waals surface area contributed by atoms with Gasteiger partial charge in [0.2, 0.25) is 5.91 Å². The summed E-state index contributed by atoms with van der Waals surface area (Å²) in [4.78, 5) is 18.4.